The van der Waals surface area contributed by atoms with Crippen molar-refractivity contribution in [2.45, 2.75) is 6.42 Å². The Labute approximate surface area is 87.0 Å². The Morgan fingerprint density at radius 3 is 2.77 bits per heavy atom. The van der Waals surface area contributed by atoms with Crippen molar-refractivity contribution in [2.24, 2.45) is 0 Å². The third kappa shape index (κ3) is 2.01. The summed E-state index contributed by atoms with van der Waals surface area (Å²) in [4.78, 5) is 0. The van der Waals surface area contributed by atoms with Gasteiger partial charge in [0.1, 0.15) is 0 Å². The minimum atomic E-state index is 0.997. The van der Waals surface area contributed by atoms with Crippen molar-refractivity contribution >= 4 is 21.5 Å². The first-order valence-corrected chi connectivity index (χ1v) is 5.32. The summed E-state index contributed by atoms with van der Waals surface area (Å²) in [5.74, 6) is 0. The van der Waals surface area contributed by atoms with Crippen LogP contribution in [0.4, 0.5) is 0 Å². The molecule has 0 saturated heterocycles. The molecule has 2 rings (SSSR count). The maximum absolute atomic E-state index is 3.57. The molecule has 1 aromatic rings. The van der Waals surface area contributed by atoms with Crippen LogP contribution in [0.5, 0.6) is 0 Å². The van der Waals surface area contributed by atoms with E-state index in [2.05, 4.69) is 51.6 Å². The number of benzene rings is 1. The normalized spacial score (nSPS) is 16.8. The zero-order valence-corrected chi connectivity index (χ0v) is 8.97. The predicted molar refractivity (Wildman–Crippen MR) is 59.6 cm³/mol. The fourth-order valence-electron chi connectivity index (χ4n) is 1.59. The highest BCUT2D eigenvalue weighted by Gasteiger charge is 2.07. The second kappa shape index (κ2) is 4.07. The van der Waals surface area contributed by atoms with Gasteiger partial charge >= 0.3 is 0 Å². The maximum Gasteiger partial charge on any atom is 0.0250 e. The first-order valence-electron chi connectivity index (χ1n) is 4.52. The molecule has 0 fully saturated rings. The van der Waals surface area contributed by atoms with Crippen molar-refractivity contribution in [1.29, 1.82) is 0 Å². The molecule has 1 nitrogen and oxygen atoms in total. The van der Waals surface area contributed by atoms with Gasteiger partial charge in [-0.2, -0.15) is 0 Å². The van der Waals surface area contributed by atoms with Crippen molar-refractivity contribution in [3.05, 3.63) is 40.4 Å². The van der Waals surface area contributed by atoms with Crippen LogP contribution in [-0.4, -0.2) is 13.1 Å². The smallest absolute Gasteiger partial charge is 0.0250 e. The maximum atomic E-state index is 3.57. The van der Waals surface area contributed by atoms with Gasteiger partial charge in [-0.05, 0) is 30.2 Å². The van der Waals surface area contributed by atoms with E-state index in [0.29, 0.717) is 0 Å². The lowest BCUT2D eigenvalue weighted by Gasteiger charge is -2.15. The topological polar surface area (TPSA) is 12.0 Å². The molecule has 0 spiro atoms. The lowest BCUT2D eigenvalue weighted by Crippen LogP contribution is -2.20. The molecule has 0 radical (unpaired) electrons. The average Bonchev–Trinajstić information content (AvgIpc) is 2.20. The van der Waals surface area contributed by atoms with Crippen LogP contribution in [0.1, 0.15) is 12.0 Å². The number of nitrogens with one attached hydrogen (secondary N) is 1. The Balaban J connectivity index is 2.34. The monoisotopic (exact) mass is 237 g/mol. The summed E-state index contributed by atoms with van der Waals surface area (Å²) in [7, 11) is 0. The second-order valence-electron chi connectivity index (χ2n) is 3.16. The molecule has 0 unspecified atom stereocenters. The summed E-state index contributed by atoms with van der Waals surface area (Å²) in [5.41, 5.74) is 2.79. The van der Waals surface area contributed by atoms with E-state index in [1.165, 1.54) is 15.6 Å². The Bertz CT molecular complexity index is 331. The summed E-state index contributed by atoms with van der Waals surface area (Å²) in [6.45, 7) is 2.09. The largest absolute Gasteiger partial charge is 0.313 e. The molecule has 0 aliphatic carbocycles. The number of hydrogen-bond acceptors (Lipinski definition) is 1. The standard InChI is InChI=1S/C11H12BrN/c12-11-4-2-1-3-10(11)9-5-7-13-8-6-9/h1-5,13H,6-8H2. The lowest BCUT2D eigenvalue weighted by molar-refractivity contribution is 0.738. The van der Waals surface area contributed by atoms with E-state index in [9.17, 15) is 0 Å². The van der Waals surface area contributed by atoms with Gasteiger partial charge in [-0.25, -0.2) is 0 Å². The van der Waals surface area contributed by atoms with E-state index in [1.807, 2.05) is 0 Å². The Morgan fingerprint density at radius 1 is 1.23 bits per heavy atom. The van der Waals surface area contributed by atoms with Crippen LogP contribution in [0.3, 0.4) is 0 Å². The number of rotatable bonds is 1. The summed E-state index contributed by atoms with van der Waals surface area (Å²) >= 11 is 3.57. The Hall–Kier alpha value is -0.600. The molecule has 1 aromatic carbocycles. The fraction of sp³-hybridized carbons (Fsp3) is 0.273. The highest BCUT2D eigenvalue weighted by molar-refractivity contribution is 9.10. The molecule has 13 heavy (non-hydrogen) atoms. The van der Waals surface area contributed by atoms with E-state index >= 15 is 0 Å². The van der Waals surface area contributed by atoms with Gasteiger partial charge < -0.3 is 5.32 Å². The van der Waals surface area contributed by atoms with Crippen LogP contribution >= 0.6 is 15.9 Å². The first kappa shape index (κ1) is 8.97. The summed E-state index contributed by atoms with van der Waals surface area (Å²) < 4.78 is 1.20. The van der Waals surface area contributed by atoms with E-state index in [0.717, 1.165) is 19.5 Å². The number of hydrogen-bond donors (Lipinski definition) is 1. The molecule has 1 heterocycles. The highest BCUT2D eigenvalue weighted by Crippen LogP contribution is 2.26. The average molecular weight is 238 g/mol. The summed E-state index contributed by atoms with van der Waals surface area (Å²) in [5, 5.41) is 3.31. The molecule has 1 aliphatic heterocycles. The van der Waals surface area contributed by atoms with Crippen molar-refractivity contribution < 1.29 is 0 Å². The molecule has 0 amide bonds. The minimum Gasteiger partial charge on any atom is -0.313 e. The molecule has 0 atom stereocenters. The molecule has 2 heteroatoms. The van der Waals surface area contributed by atoms with Crippen LogP contribution in [0.25, 0.3) is 5.57 Å². The first-order chi connectivity index (χ1) is 6.38. The molecular formula is C11H12BrN. The quantitative estimate of drug-likeness (QED) is 0.793. The highest BCUT2D eigenvalue weighted by atomic mass is 79.9. The van der Waals surface area contributed by atoms with Gasteiger partial charge in [0, 0.05) is 11.0 Å². The van der Waals surface area contributed by atoms with Crippen LogP contribution < -0.4 is 5.32 Å². The molecule has 1 N–H and O–H groups in total. The van der Waals surface area contributed by atoms with Crippen LogP contribution in [0.2, 0.25) is 0 Å². The van der Waals surface area contributed by atoms with Crippen molar-refractivity contribution in [2.75, 3.05) is 13.1 Å². The van der Waals surface area contributed by atoms with Gasteiger partial charge in [0.25, 0.3) is 0 Å². The molecule has 0 saturated carbocycles. The van der Waals surface area contributed by atoms with Gasteiger partial charge in [-0.3, -0.25) is 0 Å². The van der Waals surface area contributed by atoms with Gasteiger partial charge in [0.2, 0.25) is 0 Å². The third-order valence-electron chi connectivity index (χ3n) is 2.28. The van der Waals surface area contributed by atoms with E-state index < -0.39 is 0 Å². The Kier molecular flexibility index (Phi) is 2.81. The number of halogens is 1. The second-order valence-corrected chi connectivity index (χ2v) is 4.02. The predicted octanol–water partition coefficient (Wildman–Crippen LogP) is 2.83. The van der Waals surface area contributed by atoms with Crippen LogP contribution in [-0.2, 0) is 0 Å². The SMILES string of the molecule is Brc1ccccc1C1=CCNCC1. The molecule has 68 valence electrons. The zero-order chi connectivity index (χ0) is 9.10. The minimum absolute atomic E-state index is 0.997. The van der Waals surface area contributed by atoms with Gasteiger partial charge in [0.05, 0.1) is 0 Å². The van der Waals surface area contributed by atoms with Crippen molar-refractivity contribution in [3.63, 3.8) is 0 Å². The van der Waals surface area contributed by atoms with Gasteiger partial charge in [-0.1, -0.05) is 40.2 Å². The van der Waals surface area contributed by atoms with Gasteiger partial charge in [-0.15, -0.1) is 0 Å². The summed E-state index contributed by atoms with van der Waals surface area (Å²) in [6, 6.07) is 8.40. The van der Waals surface area contributed by atoms with Crippen molar-refractivity contribution in [1.82, 2.24) is 5.32 Å². The van der Waals surface area contributed by atoms with Crippen LogP contribution in [0, 0.1) is 0 Å². The zero-order valence-electron chi connectivity index (χ0n) is 7.39. The van der Waals surface area contributed by atoms with E-state index in [1.54, 1.807) is 0 Å². The van der Waals surface area contributed by atoms with E-state index in [4.69, 9.17) is 0 Å². The van der Waals surface area contributed by atoms with Crippen LogP contribution in [0.15, 0.2) is 34.8 Å². The molecule has 0 aromatic heterocycles. The van der Waals surface area contributed by atoms with Gasteiger partial charge in [0.15, 0.2) is 0 Å². The molecular weight excluding hydrogens is 226 g/mol. The van der Waals surface area contributed by atoms with E-state index in [-0.39, 0.29) is 0 Å². The fourth-order valence-corrected chi connectivity index (χ4v) is 2.13. The van der Waals surface area contributed by atoms with Crippen molar-refractivity contribution in [3.8, 4) is 0 Å². The summed E-state index contributed by atoms with van der Waals surface area (Å²) in [6.07, 6.45) is 3.40. The third-order valence-corrected chi connectivity index (χ3v) is 2.98. The Morgan fingerprint density at radius 2 is 2.08 bits per heavy atom. The lowest BCUT2D eigenvalue weighted by atomic mass is 10.0. The molecule has 1 aliphatic rings. The molecule has 0 bridgehead atoms.